The zero-order valence-electron chi connectivity index (χ0n) is 27.7. The number of likely N-dealkylation sites (N-methyl/N-ethyl adjacent to an activating group) is 1. The number of anilines is 1. The van der Waals surface area contributed by atoms with Crippen molar-refractivity contribution in [2.45, 2.75) is 18.8 Å². The van der Waals surface area contributed by atoms with Crippen LogP contribution in [0.2, 0.25) is 0 Å². The van der Waals surface area contributed by atoms with Gasteiger partial charge in [-0.3, -0.25) is 0 Å². The van der Waals surface area contributed by atoms with Gasteiger partial charge in [0.05, 0.1) is 32.2 Å². The minimum atomic E-state index is 0. The Bertz CT molecular complexity index is 1720. The lowest BCUT2D eigenvalue weighted by atomic mass is 9.99. The lowest BCUT2D eigenvalue weighted by Crippen LogP contribution is -2.08. The van der Waals surface area contributed by atoms with Gasteiger partial charge in [0.15, 0.2) is 11.5 Å². The van der Waals surface area contributed by atoms with Gasteiger partial charge in [0.2, 0.25) is 0 Å². The van der Waals surface area contributed by atoms with Crippen LogP contribution in [0.5, 0.6) is 17.2 Å². The third kappa shape index (κ3) is 7.91. The van der Waals surface area contributed by atoms with E-state index in [9.17, 15) is 0 Å². The quantitative estimate of drug-likeness (QED) is 0.206. The first-order valence-corrected chi connectivity index (χ1v) is 15.6. The van der Waals surface area contributed by atoms with Crippen molar-refractivity contribution >= 4 is 11.3 Å². The fourth-order valence-corrected chi connectivity index (χ4v) is 5.30. The third-order valence-electron chi connectivity index (χ3n) is 7.94. The fourth-order valence-electron chi connectivity index (χ4n) is 5.30. The Morgan fingerprint density at radius 3 is 2.46 bits per heavy atom. The molecule has 240 valence electrons. The van der Waals surface area contributed by atoms with E-state index < -0.39 is 0 Å². The molecule has 1 aromatic heterocycles. The molecule has 5 rings (SSSR count). The maximum atomic E-state index is 5.92. The first-order chi connectivity index (χ1) is 22.4. The number of allylic oxidation sites excluding steroid dienone is 12. The van der Waals surface area contributed by atoms with Gasteiger partial charge in [-0.25, -0.2) is 4.98 Å². The van der Waals surface area contributed by atoms with Gasteiger partial charge in [0.25, 0.3) is 0 Å². The number of aromatic amines is 1. The number of imidazole rings is 1. The molecule has 1 atom stereocenters. The monoisotopic (exact) mass is 618 g/mol. The summed E-state index contributed by atoms with van der Waals surface area (Å²) in [7, 11) is 11.5. The van der Waals surface area contributed by atoms with Crippen molar-refractivity contribution in [3.8, 4) is 28.5 Å². The van der Waals surface area contributed by atoms with Crippen LogP contribution in [0, 0.1) is 0 Å². The summed E-state index contributed by atoms with van der Waals surface area (Å²) in [6, 6.07) is 14.2. The minimum Gasteiger partial charge on any atom is -0.493 e. The van der Waals surface area contributed by atoms with E-state index in [0.717, 1.165) is 58.3 Å². The van der Waals surface area contributed by atoms with E-state index in [1.165, 1.54) is 5.57 Å². The molecule has 0 bridgehead atoms. The number of hydrogen-bond donors (Lipinski definition) is 1. The van der Waals surface area contributed by atoms with Gasteiger partial charge in [-0.15, -0.1) is 0 Å². The number of methoxy groups -OCH3 is 2. The van der Waals surface area contributed by atoms with Gasteiger partial charge in [0, 0.05) is 64.1 Å². The van der Waals surface area contributed by atoms with Crippen LogP contribution < -0.4 is 19.1 Å². The minimum absolute atomic E-state index is 0. The van der Waals surface area contributed by atoms with Crippen LogP contribution in [0.3, 0.4) is 0 Å². The highest BCUT2D eigenvalue weighted by Crippen LogP contribution is 2.34. The largest absolute Gasteiger partial charge is 0.493 e. The van der Waals surface area contributed by atoms with E-state index in [1.54, 1.807) is 14.2 Å². The molecule has 0 radical (unpaired) electrons. The Kier molecular flexibility index (Phi) is 10.7. The summed E-state index contributed by atoms with van der Waals surface area (Å²) in [5, 5.41) is 0. The molecule has 1 unspecified atom stereocenters. The van der Waals surface area contributed by atoms with E-state index >= 15 is 0 Å². The van der Waals surface area contributed by atoms with Crippen molar-refractivity contribution in [2.24, 2.45) is 0 Å². The molecule has 7 nitrogen and oxygen atoms in total. The van der Waals surface area contributed by atoms with Gasteiger partial charge in [-0.2, -0.15) is 0 Å². The second kappa shape index (κ2) is 15.2. The van der Waals surface area contributed by atoms with Crippen molar-refractivity contribution in [3.63, 3.8) is 0 Å². The second-order valence-corrected chi connectivity index (χ2v) is 11.6. The number of H-pyrrole nitrogens is 1. The van der Waals surface area contributed by atoms with Crippen LogP contribution in [0.25, 0.3) is 16.8 Å². The third-order valence-corrected chi connectivity index (χ3v) is 7.94. The number of rotatable bonds is 12. The van der Waals surface area contributed by atoms with Crippen LogP contribution in [0.15, 0.2) is 121 Å². The van der Waals surface area contributed by atoms with E-state index in [0.29, 0.717) is 18.1 Å². The smallest absolute Gasteiger partial charge is 0.164 e. The number of hydrogen-bond acceptors (Lipinski definition) is 6. The molecule has 0 saturated carbocycles. The standard InChI is InChI=1S/C39H44N4O3.H2/c1-42(2)32-15-10-13-29(18-21-32)37-38(30-19-22-33(23-20-30)43(3)4)41-39(40-37)31-14-9-12-28(16-17-31)11-7-8-26-46-34-24-25-35(44-5)36(27-34)45-6;/h7,9-11,13-25,27,29H,8,12,26H2,1-6H3,(H,40,41);1H. The first kappa shape index (κ1) is 32.2. The van der Waals surface area contributed by atoms with Gasteiger partial charge in [-0.05, 0) is 54.8 Å². The highest BCUT2D eigenvalue weighted by atomic mass is 16.5. The zero-order valence-corrected chi connectivity index (χ0v) is 27.7. The average molecular weight is 619 g/mol. The molecule has 0 amide bonds. The van der Waals surface area contributed by atoms with Crippen molar-refractivity contribution in [1.82, 2.24) is 14.9 Å². The Hall–Kier alpha value is -5.17. The number of nitrogens with zero attached hydrogens (tertiary/aromatic N) is 3. The van der Waals surface area contributed by atoms with Gasteiger partial charge >= 0.3 is 0 Å². The SMILES string of the molecule is COc1ccc(OCCC=CC2=CC=C(c3nc(-c4ccc(N(C)C)cc4)c(C4C=CC=C(N(C)C)C=C4)[nH]3)C=CC2)cc1OC.[HH]. The molecule has 0 saturated heterocycles. The van der Waals surface area contributed by atoms with Gasteiger partial charge < -0.3 is 29.0 Å². The average Bonchev–Trinajstić information content (AvgIpc) is 3.20. The summed E-state index contributed by atoms with van der Waals surface area (Å²) in [6.45, 7) is 0.569. The highest BCUT2D eigenvalue weighted by molar-refractivity contribution is 5.76. The topological polar surface area (TPSA) is 62.9 Å². The van der Waals surface area contributed by atoms with Crippen molar-refractivity contribution in [1.29, 1.82) is 0 Å². The summed E-state index contributed by atoms with van der Waals surface area (Å²) >= 11 is 0. The Morgan fingerprint density at radius 1 is 0.913 bits per heavy atom. The molecule has 7 heteroatoms. The van der Waals surface area contributed by atoms with Crippen LogP contribution >= 0.6 is 0 Å². The van der Waals surface area contributed by atoms with E-state index in [1.807, 2.05) is 18.2 Å². The molecule has 0 fully saturated rings. The Morgan fingerprint density at radius 2 is 1.72 bits per heavy atom. The number of aromatic nitrogens is 2. The molecule has 1 heterocycles. The number of ether oxygens (including phenoxy) is 3. The Balaban J connectivity index is 0.00000500. The molecule has 1 N–H and O–H groups in total. The summed E-state index contributed by atoms with van der Waals surface area (Å²) < 4.78 is 16.6. The molecule has 2 aromatic carbocycles. The molecular formula is C39H46N4O3. The van der Waals surface area contributed by atoms with Crippen LogP contribution in [-0.4, -0.2) is 63.9 Å². The Labute approximate surface area is 274 Å². The predicted octanol–water partition coefficient (Wildman–Crippen LogP) is 8.36. The van der Waals surface area contributed by atoms with Gasteiger partial charge in [-0.1, -0.05) is 66.8 Å². The van der Waals surface area contributed by atoms with Crippen molar-refractivity contribution in [3.05, 3.63) is 132 Å². The van der Waals surface area contributed by atoms with Gasteiger partial charge in [0.1, 0.15) is 11.6 Å². The van der Waals surface area contributed by atoms with Crippen molar-refractivity contribution < 1.29 is 15.6 Å². The van der Waals surface area contributed by atoms with E-state index in [-0.39, 0.29) is 7.34 Å². The number of benzene rings is 2. The molecule has 2 aliphatic carbocycles. The van der Waals surface area contributed by atoms with Crippen molar-refractivity contribution in [2.75, 3.05) is 53.9 Å². The molecule has 3 aromatic rings. The molecule has 2 aliphatic rings. The van der Waals surface area contributed by atoms with E-state index in [4.69, 9.17) is 19.2 Å². The molecule has 0 aliphatic heterocycles. The second-order valence-electron chi connectivity index (χ2n) is 11.6. The fraction of sp³-hybridized carbons (Fsp3) is 0.256. The summed E-state index contributed by atoms with van der Waals surface area (Å²) in [5.74, 6) is 3.01. The highest BCUT2D eigenvalue weighted by Gasteiger charge is 2.20. The maximum Gasteiger partial charge on any atom is 0.164 e. The summed E-state index contributed by atoms with van der Waals surface area (Å²) in [4.78, 5) is 13.1. The lowest BCUT2D eigenvalue weighted by molar-refractivity contribution is 0.316. The van der Waals surface area contributed by atoms with Crippen LogP contribution in [0.1, 0.15) is 31.7 Å². The van der Waals surface area contributed by atoms with Crippen LogP contribution in [0.4, 0.5) is 5.69 Å². The first-order valence-electron chi connectivity index (χ1n) is 15.6. The molecular weight excluding hydrogens is 572 g/mol. The summed E-state index contributed by atoms with van der Waals surface area (Å²) in [5.41, 5.74) is 7.70. The number of nitrogens with one attached hydrogen (secondary N) is 1. The normalized spacial score (nSPS) is 16.0. The molecule has 46 heavy (non-hydrogen) atoms. The van der Waals surface area contributed by atoms with Crippen LogP contribution in [-0.2, 0) is 0 Å². The lowest BCUT2D eigenvalue weighted by Gasteiger charge is -2.14. The predicted molar refractivity (Wildman–Crippen MR) is 192 cm³/mol. The molecule has 0 spiro atoms. The zero-order chi connectivity index (χ0) is 32.5. The summed E-state index contributed by atoms with van der Waals surface area (Å²) in [6.07, 6.45) is 25.5. The van der Waals surface area contributed by atoms with E-state index in [2.05, 4.69) is 134 Å². The maximum absolute atomic E-state index is 5.92.